The lowest BCUT2D eigenvalue weighted by molar-refractivity contribution is 0.768. The first kappa shape index (κ1) is 11.7. The van der Waals surface area contributed by atoms with E-state index in [-0.39, 0.29) is 0 Å². The lowest BCUT2D eigenvalue weighted by atomic mass is 9.97. The molecule has 0 saturated carbocycles. The summed E-state index contributed by atoms with van der Waals surface area (Å²) in [4.78, 5) is 0. The fourth-order valence-electron chi connectivity index (χ4n) is 1.99. The van der Waals surface area contributed by atoms with E-state index in [0.717, 1.165) is 11.4 Å². The van der Waals surface area contributed by atoms with Crippen molar-refractivity contribution in [3.8, 4) is 0 Å². The fourth-order valence-corrected chi connectivity index (χ4v) is 1.99. The molecule has 0 spiro atoms. The maximum atomic E-state index is 4.14. The van der Waals surface area contributed by atoms with Gasteiger partial charge >= 0.3 is 0 Å². The van der Waals surface area contributed by atoms with Crippen molar-refractivity contribution in [3.63, 3.8) is 0 Å². The molecule has 0 aliphatic rings. The molecule has 3 heteroatoms. The van der Waals surface area contributed by atoms with Crippen molar-refractivity contribution in [1.29, 1.82) is 0 Å². The lowest BCUT2D eigenvalue weighted by Gasteiger charge is -2.12. The summed E-state index contributed by atoms with van der Waals surface area (Å²) in [6.45, 7) is 6.59. The molecule has 17 heavy (non-hydrogen) atoms. The Bertz CT molecular complexity index is 512. The Hall–Kier alpha value is -1.77. The number of aromatic nitrogens is 2. The van der Waals surface area contributed by atoms with Crippen LogP contribution in [0.4, 0.5) is 11.4 Å². The first-order valence-electron chi connectivity index (χ1n) is 5.92. The van der Waals surface area contributed by atoms with Crippen molar-refractivity contribution in [2.75, 3.05) is 5.32 Å². The molecule has 2 rings (SSSR count). The third-order valence-corrected chi connectivity index (χ3v) is 2.89. The first-order valence-corrected chi connectivity index (χ1v) is 5.92. The van der Waals surface area contributed by atoms with Gasteiger partial charge in [-0.05, 0) is 36.1 Å². The smallest absolute Gasteiger partial charge is 0.0770 e. The minimum atomic E-state index is 0.547. The van der Waals surface area contributed by atoms with Gasteiger partial charge in [-0.25, -0.2) is 0 Å². The molecule has 90 valence electrons. The van der Waals surface area contributed by atoms with Crippen LogP contribution in [0.15, 0.2) is 30.6 Å². The van der Waals surface area contributed by atoms with Gasteiger partial charge in [0.2, 0.25) is 0 Å². The fraction of sp³-hybridized carbons (Fsp3) is 0.357. The Morgan fingerprint density at radius 1 is 1.24 bits per heavy atom. The van der Waals surface area contributed by atoms with Crippen LogP contribution in [0.3, 0.4) is 0 Å². The average Bonchev–Trinajstić information content (AvgIpc) is 2.66. The lowest BCUT2D eigenvalue weighted by Crippen LogP contribution is -1.95. The summed E-state index contributed by atoms with van der Waals surface area (Å²) < 4.78 is 1.79. The van der Waals surface area contributed by atoms with Crippen LogP contribution in [0.2, 0.25) is 0 Å². The molecule has 0 saturated heterocycles. The zero-order chi connectivity index (χ0) is 12.4. The summed E-state index contributed by atoms with van der Waals surface area (Å²) in [7, 11) is 1.92. The van der Waals surface area contributed by atoms with E-state index in [0.29, 0.717) is 5.92 Å². The van der Waals surface area contributed by atoms with Gasteiger partial charge in [-0.2, -0.15) is 5.10 Å². The predicted octanol–water partition coefficient (Wildman–Crippen LogP) is 3.60. The summed E-state index contributed by atoms with van der Waals surface area (Å²) in [5.41, 5.74) is 4.87. The standard InChI is InChI=1S/C14H19N3/c1-10(2)14-7-12(6-5-11(14)3)16-13-8-15-17(4)9-13/h5-10,16H,1-4H3. The second-order valence-electron chi connectivity index (χ2n) is 4.75. The van der Waals surface area contributed by atoms with Crippen molar-refractivity contribution < 1.29 is 0 Å². The number of nitrogens with zero attached hydrogens (tertiary/aromatic N) is 2. The van der Waals surface area contributed by atoms with Crippen LogP contribution in [-0.4, -0.2) is 9.78 Å². The number of hydrogen-bond acceptors (Lipinski definition) is 2. The Kier molecular flexibility index (Phi) is 3.18. The van der Waals surface area contributed by atoms with Crippen molar-refractivity contribution >= 4 is 11.4 Å². The monoisotopic (exact) mass is 229 g/mol. The van der Waals surface area contributed by atoms with Crippen molar-refractivity contribution in [3.05, 3.63) is 41.7 Å². The van der Waals surface area contributed by atoms with E-state index in [9.17, 15) is 0 Å². The number of rotatable bonds is 3. The van der Waals surface area contributed by atoms with Crippen LogP contribution in [0.1, 0.15) is 30.9 Å². The van der Waals surface area contributed by atoms with E-state index in [1.165, 1.54) is 11.1 Å². The third-order valence-electron chi connectivity index (χ3n) is 2.89. The van der Waals surface area contributed by atoms with Gasteiger partial charge in [-0.15, -0.1) is 0 Å². The zero-order valence-corrected chi connectivity index (χ0v) is 10.9. The molecular weight excluding hydrogens is 210 g/mol. The first-order chi connectivity index (χ1) is 8.06. The van der Waals surface area contributed by atoms with E-state index in [1.54, 1.807) is 4.68 Å². The molecule has 0 bridgehead atoms. The number of hydrogen-bond donors (Lipinski definition) is 1. The van der Waals surface area contributed by atoms with Gasteiger partial charge in [0.25, 0.3) is 0 Å². The Balaban J connectivity index is 2.25. The van der Waals surface area contributed by atoms with Gasteiger partial charge in [0.05, 0.1) is 11.9 Å². The summed E-state index contributed by atoms with van der Waals surface area (Å²) in [6.07, 6.45) is 3.80. The second-order valence-corrected chi connectivity index (χ2v) is 4.75. The number of nitrogens with one attached hydrogen (secondary N) is 1. The topological polar surface area (TPSA) is 29.9 Å². The van der Waals surface area contributed by atoms with Crippen molar-refractivity contribution in [2.45, 2.75) is 26.7 Å². The summed E-state index contributed by atoms with van der Waals surface area (Å²) in [5, 5.41) is 7.51. The quantitative estimate of drug-likeness (QED) is 0.871. The van der Waals surface area contributed by atoms with Crippen molar-refractivity contribution in [1.82, 2.24) is 9.78 Å². The van der Waals surface area contributed by atoms with Gasteiger partial charge in [-0.3, -0.25) is 4.68 Å². The van der Waals surface area contributed by atoms with Crippen LogP contribution in [0.25, 0.3) is 0 Å². The van der Waals surface area contributed by atoms with Crippen LogP contribution in [-0.2, 0) is 7.05 Å². The van der Waals surface area contributed by atoms with Gasteiger partial charge in [-0.1, -0.05) is 19.9 Å². The van der Waals surface area contributed by atoms with Crippen LogP contribution in [0, 0.1) is 6.92 Å². The Morgan fingerprint density at radius 2 is 2.00 bits per heavy atom. The van der Waals surface area contributed by atoms with Gasteiger partial charge in [0.1, 0.15) is 0 Å². The van der Waals surface area contributed by atoms with Crippen molar-refractivity contribution in [2.24, 2.45) is 7.05 Å². The molecule has 0 aliphatic heterocycles. The average molecular weight is 229 g/mol. The normalized spacial score (nSPS) is 10.9. The maximum Gasteiger partial charge on any atom is 0.0770 e. The molecule has 0 radical (unpaired) electrons. The highest BCUT2D eigenvalue weighted by molar-refractivity contribution is 5.60. The van der Waals surface area contributed by atoms with Gasteiger partial charge in [0.15, 0.2) is 0 Å². The largest absolute Gasteiger partial charge is 0.353 e. The molecule has 1 N–H and O–H groups in total. The highest BCUT2D eigenvalue weighted by Crippen LogP contribution is 2.24. The SMILES string of the molecule is Cc1ccc(Nc2cnn(C)c2)cc1C(C)C. The van der Waals surface area contributed by atoms with Gasteiger partial charge < -0.3 is 5.32 Å². The molecule has 1 aromatic carbocycles. The molecule has 0 aliphatic carbocycles. The molecule has 0 amide bonds. The molecule has 0 unspecified atom stereocenters. The predicted molar refractivity (Wildman–Crippen MR) is 71.8 cm³/mol. The molecule has 0 atom stereocenters. The van der Waals surface area contributed by atoms with E-state index in [4.69, 9.17) is 0 Å². The highest BCUT2D eigenvalue weighted by atomic mass is 15.3. The molecule has 3 nitrogen and oxygen atoms in total. The minimum Gasteiger partial charge on any atom is -0.353 e. The van der Waals surface area contributed by atoms with Crippen LogP contribution < -0.4 is 5.32 Å². The van der Waals surface area contributed by atoms with E-state index >= 15 is 0 Å². The number of benzene rings is 1. The Labute approximate surface area is 102 Å². The highest BCUT2D eigenvalue weighted by Gasteiger charge is 2.05. The molecular formula is C14H19N3. The zero-order valence-electron chi connectivity index (χ0n) is 10.9. The molecule has 1 aromatic heterocycles. The second kappa shape index (κ2) is 4.62. The molecule has 1 heterocycles. The maximum absolute atomic E-state index is 4.14. The van der Waals surface area contributed by atoms with E-state index < -0.39 is 0 Å². The molecule has 0 fully saturated rings. The summed E-state index contributed by atoms with van der Waals surface area (Å²) in [5.74, 6) is 0.547. The summed E-state index contributed by atoms with van der Waals surface area (Å²) >= 11 is 0. The number of aryl methyl sites for hydroxylation is 2. The molecule has 2 aromatic rings. The van der Waals surface area contributed by atoms with E-state index in [1.807, 2.05) is 19.4 Å². The van der Waals surface area contributed by atoms with Crippen LogP contribution >= 0.6 is 0 Å². The van der Waals surface area contributed by atoms with Crippen LogP contribution in [0.5, 0.6) is 0 Å². The minimum absolute atomic E-state index is 0.547. The number of anilines is 2. The van der Waals surface area contributed by atoms with E-state index in [2.05, 4.69) is 49.4 Å². The third kappa shape index (κ3) is 2.67. The Morgan fingerprint density at radius 3 is 2.59 bits per heavy atom. The van der Waals surface area contributed by atoms with Gasteiger partial charge in [0, 0.05) is 18.9 Å². The summed E-state index contributed by atoms with van der Waals surface area (Å²) in [6, 6.07) is 6.48.